The number of carbonyl (C=O) groups excluding carboxylic acids is 1. The van der Waals surface area contributed by atoms with E-state index < -0.39 is 11.7 Å². The number of hydrogen-bond donors (Lipinski definition) is 2. The van der Waals surface area contributed by atoms with Gasteiger partial charge < -0.3 is 19.8 Å². The Balaban J connectivity index is 1.83. The van der Waals surface area contributed by atoms with E-state index >= 15 is 0 Å². The van der Waals surface area contributed by atoms with E-state index in [-0.39, 0.29) is 6.04 Å². The Kier molecular flexibility index (Phi) is 5.93. The van der Waals surface area contributed by atoms with Gasteiger partial charge in [0.2, 0.25) is 0 Å². The van der Waals surface area contributed by atoms with Gasteiger partial charge in [0.25, 0.3) is 0 Å². The molecule has 0 aliphatic heterocycles. The van der Waals surface area contributed by atoms with E-state index in [9.17, 15) is 4.79 Å². The molecule has 1 heterocycles. The second kappa shape index (κ2) is 8.38. The molecule has 2 N–H and O–H groups in total. The molecule has 1 atom stereocenters. The smallest absolute Gasteiger partial charge is 0.407 e. The highest BCUT2D eigenvalue weighted by molar-refractivity contribution is 5.84. The number of nitrogens with one attached hydrogen (secondary N) is 2. The third kappa shape index (κ3) is 5.28. The molecule has 5 heteroatoms. The number of fused-ring (bicyclic) bond motifs is 1. The maximum absolute atomic E-state index is 12.4. The largest absolute Gasteiger partial charge is 0.497 e. The Morgan fingerprint density at radius 3 is 2.54 bits per heavy atom. The van der Waals surface area contributed by atoms with Crippen LogP contribution in [0.3, 0.4) is 0 Å². The summed E-state index contributed by atoms with van der Waals surface area (Å²) in [7, 11) is 1.66. The molecule has 1 aromatic heterocycles. The van der Waals surface area contributed by atoms with Gasteiger partial charge >= 0.3 is 6.09 Å². The van der Waals surface area contributed by atoms with Crippen LogP contribution >= 0.6 is 0 Å². The minimum atomic E-state index is -0.532. The summed E-state index contributed by atoms with van der Waals surface area (Å²) in [5, 5.41) is 4.15. The van der Waals surface area contributed by atoms with Crippen LogP contribution in [0.5, 0.6) is 5.75 Å². The molecule has 2 aromatic carbocycles. The van der Waals surface area contributed by atoms with Crippen molar-refractivity contribution in [2.75, 3.05) is 7.11 Å². The molecule has 5 nitrogen and oxygen atoms in total. The standard InChI is InChI=1S/C23H28N2O3/c1-23(2,3)28-22(26)25-18(12-16-8-6-5-7-9-16)13-17-15-24-21-11-10-19(27-4)14-20(17)21/h5-11,14-15,18,24H,12-13H2,1-4H3,(H,25,26)/t18-/m1/s1. The molecule has 0 aliphatic rings. The van der Waals surface area contributed by atoms with E-state index in [1.54, 1.807) is 7.11 Å². The van der Waals surface area contributed by atoms with Gasteiger partial charge in [0.15, 0.2) is 0 Å². The van der Waals surface area contributed by atoms with Crippen LogP contribution < -0.4 is 10.1 Å². The molecule has 0 unspecified atom stereocenters. The number of methoxy groups -OCH3 is 1. The first-order valence-electron chi connectivity index (χ1n) is 9.51. The monoisotopic (exact) mass is 380 g/mol. The molecule has 0 aliphatic carbocycles. The molecular formula is C23H28N2O3. The lowest BCUT2D eigenvalue weighted by Crippen LogP contribution is -2.41. The summed E-state index contributed by atoms with van der Waals surface area (Å²) in [5.74, 6) is 0.813. The average Bonchev–Trinajstić information content (AvgIpc) is 3.03. The van der Waals surface area contributed by atoms with Gasteiger partial charge in [0.1, 0.15) is 11.4 Å². The number of hydrogen-bond acceptors (Lipinski definition) is 3. The van der Waals surface area contributed by atoms with Crippen LogP contribution in [0.1, 0.15) is 31.9 Å². The third-order valence-corrected chi connectivity index (χ3v) is 4.49. The summed E-state index contributed by atoms with van der Waals surface area (Å²) in [5.41, 5.74) is 2.81. The van der Waals surface area contributed by atoms with Gasteiger partial charge in [-0.05, 0) is 62.9 Å². The highest BCUT2D eigenvalue weighted by atomic mass is 16.6. The highest BCUT2D eigenvalue weighted by Crippen LogP contribution is 2.25. The number of alkyl carbamates (subject to hydrolysis) is 1. The van der Waals surface area contributed by atoms with E-state index in [4.69, 9.17) is 9.47 Å². The SMILES string of the molecule is COc1ccc2[nH]cc(C[C@@H](Cc3ccccc3)NC(=O)OC(C)(C)C)c2c1. The number of benzene rings is 2. The van der Waals surface area contributed by atoms with Crippen molar-refractivity contribution in [2.24, 2.45) is 0 Å². The van der Waals surface area contributed by atoms with Gasteiger partial charge in [-0.3, -0.25) is 0 Å². The van der Waals surface area contributed by atoms with E-state index in [0.717, 1.165) is 28.6 Å². The van der Waals surface area contributed by atoms with Crippen molar-refractivity contribution in [1.82, 2.24) is 10.3 Å². The highest BCUT2D eigenvalue weighted by Gasteiger charge is 2.21. The van der Waals surface area contributed by atoms with Gasteiger partial charge in [-0.15, -0.1) is 0 Å². The van der Waals surface area contributed by atoms with Gasteiger partial charge in [-0.2, -0.15) is 0 Å². The molecule has 0 saturated heterocycles. The summed E-state index contributed by atoms with van der Waals surface area (Å²) in [6.45, 7) is 5.60. The van der Waals surface area contributed by atoms with Gasteiger partial charge in [-0.1, -0.05) is 30.3 Å². The first-order valence-corrected chi connectivity index (χ1v) is 9.51. The van der Waals surface area contributed by atoms with Gasteiger partial charge in [0, 0.05) is 23.1 Å². The van der Waals surface area contributed by atoms with Gasteiger partial charge in [-0.25, -0.2) is 4.79 Å². The molecule has 148 valence electrons. The molecule has 0 bridgehead atoms. The van der Waals surface area contributed by atoms with E-state index in [2.05, 4.69) is 22.4 Å². The van der Waals surface area contributed by atoms with Crippen LogP contribution in [0, 0.1) is 0 Å². The summed E-state index contributed by atoms with van der Waals surface area (Å²) in [6, 6.07) is 16.0. The van der Waals surface area contributed by atoms with Crippen molar-refractivity contribution >= 4 is 17.0 Å². The molecule has 1 amide bonds. The number of aromatic nitrogens is 1. The molecular weight excluding hydrogens is 352 g/mol. The van der Waals surface area contributed by atoms with Crippen LogP contribution in [-0.2, 0) is 17.6 Å². The zero-order valence-electron chi connectivity index (χ0n) is 16.9. The van der Waals surface area contributed by atoms with Crippen molar-refractivity contribution in [1.29, 1.82) is 0 Å². The van der Waals surface area contributed by atoms with Crippen molar-refractivity contribution in [2.45, 2.75) is 45.3 Å². The first-order chi connectivity index (χ1) is 13.3. The second-order valence-corrected chi connectivity index (χ2v) is 7.96. The maximum Gasteiger partial charge on any atom is 0.407 e. The Morgan fingerprint density at radius 1 is 1.11 bits per heavy atom. The van der Waals surface area contributed by atoms with Crippen LogP contribution in [0.25, 0.3) is 10.9 Å². The average molecular weight is 380 g/mol. The summed E-state index contributed by atoms with van der Waals surface area (Å²) in [6.07, 6.45) is 3.00. The lowest BCUT2D eigenvalue weighted by molar-refractivity contribution is 0.0504. The number of H-pyrrole nitrogens is 1. The zero-order valence-corrected chi connectivity index (χ0v) is 16.9. The number of amides is 1. The van der Waals surface area contributed by atoms with Crippen molar-refractivity contribution in [3.8, 4) is 5.75 Å². The number of ether oxygens (including phenoxy) is 2. The Bertz CT molecular complexity index is 926. The molecule has 3 aromatic rings. The quantitative estimate of drug-likeness (QED) is 0.642. The minimum absolute atomic E-state index is 0.0950. The second-order valence-electron chi connectivity index (χ2n) is 7.96. The molecule has 0 saturated carbocycles. The first kappa shape index (κ1) is 19.8. The number of carbonyl (C=O) groups is 1. The zero-order chi connectivity index (χ0) is 20.1. The van der Waals surface area contributed by atoms with Crippen LogP contribution in [0.2, 0.25) is 0 Å². The fraction of sp³-hybridized carbons (Fsp3) is 0.348. The van der Waals surface area contributed by atoms with Crippen molar-refractivity contribution in [3.05, 3.63) is 65.9 Å². The molecule has 0 spiro atoms. The van der Waals surface area contributed by atoms with E-state index in [1.165, 1.54) is 5.56 Å². The summed E-state index contributed by atoms with van der Waals surface area (Å²) >= 11 is 0. The normalized spacial score (nSPS) is 12.6. The number of rotatable bonds is 6. The topological polar surface area (TPSA) is 63.3 Å². The van der Waals surface area contributed by atoms with Crippen molar-refractivity contribution < 1.29 is 14.3 Å². The predicted octanol–water partition coefficient (Wildman–Crippen LogP) is 4.86. The van der Waals surface area contributed by atoms with Gasteiger partial charge in [0.05, 0.1) is 7.11 Å². The Hall–Kier alpha value is -2.95. The van der Waals surface area contributed by atoms with Crippen LogP contribution in [0.15, 0.2) is 54.7 Å². The van der Waals surface area contributed by atoms with E-state index in [1.807, 2.05) is 63.4 Å². The number of aromatic amines is 1. The maximum atomic E-state index is 12.4. The van der Waals surface area contributed by atoms with Crippen LogP contribution in [0.4, 0.5) is 4.79 Å². The lowest BCUT2D eigenvalue weighted by Gasteiger charge is -2.24. The van der Waals surface area contributed by atoms with E-state index in [0.29, 0.717) is 6.42 Å². The summed E-state index contributed by atoms with van der Waals surface area (Å²) in [4.78, 5) is 15.7. The molecule has 3 rings (SSSR count). The third-order valence-electron chi connectivity index (χ3n) is 4.49. The molecule has 0 radical (unpaired) electrons. The molecule has 28 heavy (non-hydrogen) atoms. The van der Waals surface area contributed by atoms with Crippen molar-refractivity contribution in [3.63, 3.8) is 0 Å². The fourth-order valence-corrected chi connectivity index (χ4v) is 3.27. The predicted molar refractivity (Wildman–Crippen MR) is 112 cm³/mol. The molecule has 0 fully saturated rings. The fourth-order valence-electron chi connectivity index (χ4n) is 3.27. The van der Waals surface area contributed by atoms with Crippen LogP contribution in [-0.4, -0.2) is 29.8 Å². The lowest BCUT2D eigenvalue weighted by atomic mass is 9.98. The minimum Gasteiger partial charge on any atom is -0.497 e. The Morgan fingerprint density at radius 2 is 1.86 bits per heavy atom. The summed E-state index contributed by atoms with van der Waals surface area (Å²) < 4.78 is 10.8. The Labute approximate surface area is 166 Å².